The zero-order valence-corrected chi connectivity index (χ0v) is 20.4. The van der Waals surface area contributed by atoms with E-state index in [-0.39, 0.29) is 16.8 Å². The summed E-state index contributed by atoms with van der Waals surface area (Å²) in [5, 5.41) is 12.7. The van der Waals surface area contributed by atoms with Gasteiger partial charge in [-0.3, -0.25) is 9.59 Å². The molecule has 1 fully saturated rings. The number of carbonyl (C=O) groups excluding carboxylic acids is 1. The van der Waals surface area contributed by atoms with Gasteiger partial charge in [-0.05, 0) is 72.7 Å². The molecule has 176 valence electrons. The Labute approximate surface area is 208 Å². The Balaban J connectivity index is 1.47. The lowest BCUT2D eigenvalue weighted by molar-refractivity contribution is -0.138. The number of hydrogen-bond acceptors (Lipinski definition) is 3. The lowest BCUT2D eigenvalue weighted by atomic mass is 10.0. The number of hydrogen-bond donors (Lipinski definition) is 2. The molecule has 0 spiro atoms. The Morgan fingerprint density at radius 2 is 1.74 bits per heavy atom. The van der Waals surface area contributed by atoms with Crippen LogP contribution in [0.25, 0.3) is 0 Å². The van der Waals surface area contributed by atoms with Gasteiger partial charge in [-0.1, -0.05) is 53.5 Å². The molecule has 0 heterocycles. The van der Waals surface area contributed by atoms with Gasteiger partial charge in [0.2, 0.25) is 0 Å². The first-order valence-corrected chi connectivity index (χ1v) is 11.8. The molecule has 34 heavy (non-hydrogen) atoms. The fourth-order valence-corrected chi connectivity index (χ4v) is 4.73. The molecule has 1 amide bonds. The van der Waals surface area contributed by atoms with Crippen LogP contribution in [-0.2, 0) is 11.2 Å². The average Bonchev–Trinajstić information content (AvgIpc) is 3.57. The van der Waals surface area contributed by atoms with Crippen molar-refractivity contribution in [2.45, 2.75) is 32.6 Å². The van der Waals surface area contributed by atoms with E-state index in [1.165, 1.54) is 5.56 Å². The van der Waals surface area contributed by atoms with Crippen LogP contribution in [0.15, 0.2) is 54.6 Å². The summed E-state index contributed by atoms with van der Waals surface area (Å²) in [5.74, 6) is -1.09. The van der Waals surface area contributed by atoms with Gasteiger partial charge in [0, 0.05) is 17.7 Å². The molecule has 5 nitrogen and oxygen atoms in total. The summed E-state index contributed by atoms with van der Waals surface area (Å²) in [6, 6.07) is 17.1. The molecule has 0 bridgehead atoms. The molecule has 4 rings (SSSR count). The van der Waals surface area contributed by atoms with E-state index in [1.54, 1.807) is 12.1 Å². The second kappa shape index (κ2) is 10.1. The minimum absolute atomic E-state index is 0.199. The lowest BCUT2D eigenvalue weighted by Crippen LogP contribution is -2.15. The molecule has 1 saturated carbocycles. The summed E-state index contributed by atoms with van der Waals surface area (Å²) in [7, 11) is 0. The minimum atomic E-state index is -0.857. The number of carbonyl (C=O) groups is 2. The predicted molar refractivity (Wildman–Crippen MR) is 134 cm³/mol. The van der Waals surface area contributed by atoms with Crippen LogP contribution in [0.2, 0.25) is 10.0 Å². The van der Waals surface area contributed by atoms with Crippen LogP contribution in [0.1, 0.15) is 45.0 Å². The van der Waals surface area contributed by atoms with Crippen molar-refractivity contribution in [2.75, 3.05) is 11.9 Å². The Hall–Kier alpha value is -3.02. The van der Waals surface area contributed by atoms with Crippen molar-refractivity contribution < 1.29 is 19.4 Å². The minimum Gasteiger partial charge on any atom is -0.493 e. The highest BCUT2D eigenvalue weighted by Crippen LogP contribution is 2.51. The largest absolute Gasteiger partial charge is 0.493 e. The number of nitrogens with one attached hydrogen (secondary N) is 1. The molecule has 3 aromatic rings. The molecular formula is C27H25Cl2NO4. The highest BCUT2D eigenvalue weighted by molar-refractivity contribution is 6.42. The van der Waals surface area contributed by atoms with Gasteiger partial charge in [0.15, 0.2) is 0 Å². The van der Waals surface area contributed by atoms with Crippen molar-refractivity contribution in [1.29, 1.82) is 0 Å². The normalized spacial score (nSPS) is 16.7. The second-order valence-corrected chi connectivity index (χ2v) is 9.40. The SMILES string of the molecule is Cc1cc(OCCc2ccccc2)cc(C)c1C(=O)Nc1cc(Cl)c(Cl)c([C@@H]2C[C@H]2C(=O)O)c1. The molecule has 2 N–H and O–H groups in total. The van der Waals surface area contributed by atoms with Gasteiger partial charge in [-0.15, -0.1) is 0 Å². The van der Waals surface area contributed by atoms with Gasteiger partial charge in [-0.25, -0.2) is 0 Å². The van der Waals surface area contributed by atoms with Gasteiger partial charge >= 0.3 is 5.97 Å². The van der Waals surface area contributed by atoms with Crippen molar-refractivity contribution in [2.24, 2.45) is 5.92 Å². The summed E-state index contributed by atoms with van der Waals surface area (Å²) in [5.41, 5.74) is 4.47. The highest BCUT2D eigenvalue weighted by atomic mass is 35.5. The van der Waals surface area contributed by atoms with E-state index in [9.17, 15) is 14.7 Å². The summed E-state index contributed by atoms with van der Waals surface area (Å²) < 4.78 is 5.92. The molecule has 1 aliphatic carbocycles. The molecule has 7 heteroatoms. The maximum atomic E-state index is 13.1. The number of amides is 1. The van der Waals surface area contributed by atoms with Gasteiger partial charge in [0.05, 0.1) is 22.6 Å². The maximum Gasteiger partial charge on any atom is 0.307 e. The monoisotopic (exact) mass is 497 g/mol. The van der Waals surface area contributed by atoms with Gasteiger partial charge in [0.1, 0.15) is 5.75 Å². The number of aryl methyl sites for hydroxylation is 2. The molecule has 3 aromatic carbocycles. The Bertz CT molecular complexity index is 1220. The fourth-order valence-electron chi connectivity index (χ4n) is 4.25. The van der Waals surface area contributed by atoms with Crippen molar-refractivity contribution in [3.63, 3.8) is 0 Å². The Morgan fingerprint density at radius 1 is 1.06 bits per heavy atom. The van der Waals surface area contributed by atoms with Crippen LogP contribution in [0, 0.1) is 19.8 Å². The zero-order valence-electron chi connectivity index (χ0n) is 18.9. The molecular weight excluding hydrogens is 473 g/mol. The van der Waals surface area contributed by atoms with Crippen molar-refractivity contribution in [1.82, 2.24) is 0 Å². The number of halogens is 2. The molecule has 0 radical (unpaired) electrons. The van der Waals surface area contributed by atoms with Crippen LogP contribution in [0.4, 0.5) is 5.69 Å². The summed E-state index contributed by atoms with van der Waals surface area (Å²) in [4.78, 5) is 24.4. The summed E-state index contributed by atoms with van der Waals surface area (Å²) >= 11 is 12.6. The Morgan fingerprint density at radius 3 is 2.35 bits per heavy atom. The molecule has 0 saturated heterocycles. The molecule has 0 unspecified atom stereocenters. The van der Waals surface area contributed by atoms with Gasteiger partial charge in [-0.2, -0.15) is 0 Å². The third kappa shape index (κ3) is 5.37. The smallest absolute Gasteiger partial charge is 0.307 e. The van der Waals surface area contributed by atoms with E-state index in [1.807, 2.05) is 44.2 Å². The first-order chi connectivity index (χ1) is 16.2. The average molecular weight is 498 g/mol. The Kier molecular flexibility index (Phi) is 7.15. The second-order valence-electron chi connectivity index (χ2n) is 8.62. The predicted octanol–water partition coefficient (Wildman–Crippen LogP) is 6.67. The number of anilines is 1. The van der Waals surface area contributed by atoms with Gasteiger partial charge in [0.25, 0.3) is 5.91 Å². The van der Waals surface area contributed by atoms with E-state index in [4.69, 9.17) is 27.9 Å². The van der Waals surface area contributed by atoms with E-state index in [0.717, 1.165) is 17.5 Å². The number of carboxylic acids is 1. The fraction of sp³-hybridized carbons (Fsp3) is 0.259. The maximum absolute atomic E-state index is 13.1. The number of ether oxygens (including phenoxy) is 1. The molecule has 1 aliphatic rings. The van der Waals surface area contributed by atoms with E-state index >= 15 is 0 Å². The van der Waals surface area contributed by atoms with E-state index in [0.29, 0.717) is 40.6 Å². The summed E-state index contributed by atoms with van der Waals surface area (Å²) in [6.07, 6.45) is 1.30. The van der Waals surface area contributed by atoms with Crippen LogP contribution in [0.5, 0.6) is 5.75 Å². The zero-order chi connectivity index (χ0) is 24.4. The third-order valence-electron chi connectivity index (χ3n) is 6.06. The number of rotatable bonds is 8. The van der Waals surface area contributed by atoms with Crippen molar-refractivity contribution in [3.8, 4) is 5.75 Å². The first kappa shape index (κ1) is 24.1. The van der Waals surface area contributed by atoms with Crippen LogP contribution in [-0.4, -0.2) is 23.6 Å². The van der Waals surface area contributed by atoms with Crippen molar-refractivity contribution >= 4 is 40.8 Å². The topological polar surface area (TPSA) is 75.6 Å². The number of benzene rings is 3. The summed E-state index contributed by atoms with van der Waals surface area (Å²) in [6.45, 7) is 4.28. The number of aliphatic carboxylic acids is 1. The highest BCUT2D eigenvalue weighted by Gasteiger charge is 2.45. The van der Waals surface area contributed by atoms with E-state index in [2.05, 4.69) is 17.4 Å². The van der Waals surface area contributed by atoms with Crippen molar-refractivity contribution in [3.05, 3.63) is 92.5 Å². The quantitative estimate of drug-likeness (QED) is 0.364. The van der Waals surface area contributed by atoms with Gasteiger partial charge < -0.3 is 15.2 Å². The number of carboxylic acid groups (broad SMARTS) is 1. The van der Waals surface area contributed by atoms with Crippen LogP contribution < -0.4 is 10.1 Å². The molecule has 0 aliphatic heterocycles. The van der Waals surface area contributed by atoms with Crippen LogP contribution >= 0.6 is 23.2 Å². The van der Waals surface area contributed by atoms with Crippen LogP contribution in [0.3, 0.4) is 0 Å². The standard InChI is InChI=1S/C27H25Cl2NO4/c1-15-10-19(34-9-8-17-6-4-3-5-7-17)11-16(2)24(15)26(31)30-18-12-21(25(29)23(28)13-18)20-14-22(20)27(32)33/h3-7,10-13,20,22H,8-9,14H2,1-2H3,(H,30,31)(H,32,33)/t20-,22+/m0/s1. The third-order valence-corrected chi connectivity index (χ3v) is 6.87. The van der Waals surface area contributed by atoms with E-state index < -0.39 is 11.9 Å². The lowest BCUT2D eigenvalue weighted by Gasteiger charge is -2.15. The molecule has 2 atom stereocenters. The molecule has 0 aromatic heterocycles. The first-order valence-electron chi connectivity index (χ1n) is 11.1.